The third-order valence-corrected chi connectivity index (χ3v) is 13.2. The van der Waals surface area contributed by atoms with E-state index >= 15 is 0 Å². The van der Waals surface area contributed by atoms with Crippen molar-refractivity contribution in [1.82, 2.24) is 0 Å². The lowest BCUT2D eigenvalue weighted by Crippen LogP contribution is -2.32. The number of hydrogen-bond acceptors (Lipinski definition) is 4. The number of benzene rings is 6. The van der Waals surface area contributed by atoms with Gasteiger partial charge in [0.2, 0.25) is 0 Å². The van der Waals surface area contributed by atoms with Crippen molar-refractivity contribution in [2.75, 3.05) is 19.6 Å². The predicted octanol–water partition coefficient (Wildman–Crippen LogP) is 15.9. The number of aryl methyl sites for hydroxylation is 2. The Labute approximate surface area is 375 Å². The lowest BCUT2D eigenvalue weighted by Gasteiger charge is -2.36. The van der Waals surface area contributed by atoms with E-state index in [1.807, 2.05) is 0 Å². The summed E-state index contributed by atoms with van der Waals surface area (Å²) in [4.78, 5) is 9.90. The van der Waals surface area contributed by atoms with Gasteiger partial charge in [0.1, 0.15) is 0 Å². The van der Waals surface area contributed by atoms with E-state index in [9.17, 15) is 0 Å². The Balaban J connectivity index is 1.05. The van der Waals surface area contributed by atoms with Crippen molar-refractivity contribution < 1.29 is 0 Å². The largest absolute Gasteiger partial charge is 0.335 e. The standard InChI is InChI=1S/C59H58N4/c1-42-14-11-21-55(37-42)61(47-17-7-5-8-18-47)52-28-24-49(25-29-52)60(50-26-30-53(31-27-50)62(56-22-12-15-43(2)38-56)57-23-13-16-44(3)39-57)51-32-34-54(35-33-51)63(48-19-9-6-10-20-48)59-40-45(4)36-46-41-58(46)59/h5-15,17,19-38,40,44,46-47,57-58H,16,18,39,41H2,1-4H3. The molecular formula is C59H58N4. The van der Waals surface area contributed by atoms with E-state index in [-0.39, 0.29) is 6.04 Å². The van der Waals surface area contributed by atoms with E-state index in [0.29, 0.717) is 23.8 Å². The van der Waals surface area contributed by atoms with Gasteiger partial charge in [-0.05, 0) is 185 Å². The lowest BCUT2D eigenvalue weighted by atomic mass is 9.91. The monoisotopic (exact) mass is 822 g/mol. The van der Waals surface area contributed by atoms with Crippen LogP contribution in [0.1, 0.15) is 50.7 Å². The molecule has 10 rings (SSSR count). The van der Waals surface area contributed by atoms with E-state index in [1.54, 1.807) is 0 Å². The summed E-state index contributed by atoms with van der Waals surface area (Å²) in [6, 6.07) is 56.8. The first kappa shape index (κ1) is 40.3. The van der Waals surface area contributed by atoms with Crippen LogP contribution in [0.15, 0.2) is 212 Å². The summed E-state index contributed by atoms with van der Waals surface area (Å²) in [5.74, 6) is 1.84. The van der Waals surface area contributed by atoms with Gasteiger partial charge >= 0.3 is 0 Å². The number of para-hydroxylation sites is 1. The molecule has 6 aromatic carbocycles. The fourth-order valence-electron chi connectivity index (χ4n) is 10.1. The van der Waals surface area contributed by atoms with Crippen LogP contribution in [0.4, 0.5) is 51.2 Å². The molecule has 0 heterocycles. The Hall–Kier alpha value is -6.78. The first-order chi connectivity index (χ1) is 30.9. The summed E-state index contributed by atoms with van der Waals surface area (Å²) in [6.07, 6.45) is 23.0. The van der Waals surface area contributed by atoms with Gasteiger partial charge in [-0.25, -0.2) is 0 Å². The second-order valence-electron chi connectivity index (χ2n) is 18.1. The molecule has 1 fully saturated rings. The molecule has 0 N–H and O–H groups in total. The molecule has 0 aliphatic heterocycles. The van der Waals surface area contributed by atoms with Crippen molar-refractivity contribution >= 4 is 51.2 Å². The highest BCUT2D eigenvalue weighted by Crippen LogP contribution is 2.52. The van der Waals surface area contributed by atoms with Gasteiger partial charge in [-0.3, -0.25) is 0 Å². The van der Waals surface area contributed by atoms with Crippen molar-refractivity contribution in [1.29, 1.82) is 0 Å². The van der Waals surface area contributed by atoms with Crippen molar-refractivity contribution in [3.63, 3.8) is 0 Å². The number of rotatable bonds is 12. The minimum Gasteiger partial charge on any atom is -0.335 e. The van der Waals surface area contributed by atoms with Crippen LogP contribution in [-0.4, -0.2) is 12.1 Å². The summed E-state index contributed by atoms with van der Waals surface area (Å²) in [5.41, 5.74) is 15.8. The summed E-state index contributed by atoms with van der Waals surface area (Å²) < 4.78 is 0. The minimum absolute atomic E-state index is 0.231. The highest BCUT2D eigenvalue weighted by atomic mass is 15.2. The van der Waals surface area contributed by atoms with Gasteiger partial charge in [0, 0.05) is 62.8 Å². The van der Waals surface area contributed by atoms with Gasteiger partial charge in [-0.15, -0.1) is 0 Å². The quantitative estimate of drug-likeness (QED) is 0.114. The van der Waals surface area contributed by atoms with Crippen LogP contribution in [0.2, 0.25) is 0 Å². The molecule has 0 spiro atoms. The van der Waals surface area contributed by atoms with Crippen molar-refractivity contribution in [3.8, 4) is 0 Å². The molecule has 314 valence electrons. The van der Waals surface area contributed by atoms with Crippen LogP contribution >= 0.6 is 0 Å². The second-order valence-corrected chi connectivity index (χ2v) is 18.1. The first-order valence-corrected chi connectivity index (χ1v) is 22.9. The van der Waals surface area contributed by atoms with Gasteiger partial charge in [-0.2, -0.15) is 0 Å². The average Bonchev–Trinajstić information content (AvgIpc) is 4.09. The molecule has 4 aliphatic rings. The maximum atomic E-state index is 2.53. The van der Waals surface area contributed by atoms with Crippen molar-refractivity contribution in [3.05, 3.63) is 223 Å². The molecule has 4 aliphatic carbocycles. The molecule has 5 unspecified atom stereocenters. The van der Waals surface area contributed by atoms with Crippen molar-refractivity contribution in [2.24, 2.45) is 17.8 Å². The Morgan fingerprint density at radius 3 is 1.51 bits per heavy atom. The number of allylic oxidation sites excluding steroid dienone is 7. The summed E-state index contributed by atoms with van der Waals surface area (Å²) >= 11 is 0. The fourth-order valence-corrected chi connectivity index (χ4v) is 10.1. The normalized spacial score (nSPS) is 20.9. The zero-order valence-corrected chi connectivity index (χ0v) is 37.1. The number of nitrogens with zero attached hydrogens (tertiary/aromatic N) is 4. The van der Waals surface area contributed by atoms with Crippen LogP contribution in [0.3, 0.4) is 0 Å². The minimum atomic E-state index is 0.231. The molecule has 0 amide bonds. The average molecular weight is 823 g/mol. The third-order valence-electron chi connectivity index (χ3n) is 13.2. The highest BCUT2D eigenvalue weighted by molar-refractivity contribution is 5.82. The van der Waals surface area contributed by atoms with Gasteiger partial charge in [0.25, 0.3) is 0 Å². The highest BCUT2D eigenvalue weighted by Gasteiger charge is 2.43. The van der Waals surface area contributed by atoms with Gasteiger partial charge in [0.05, 0.1) is 12.1 Å². The fraction of sp³-hybridized carbons (Fsp3) is 0.220. The molecule has 5 atom stereocenters. The first-order valence-electron chi connectivity index (χ1n) is 22.9. The van der Waals surface area contributed by atoms with Gasteiger partial charge < -0.3 is 19.6 Å². The summed E-state index contributed by atoms with van der Waals surface area (Å²) in [5, 5.41) is 0. The van der Waals surface area contributed by atoms with Crippen molar-refractivity contribution in [2.45, 2.75) is 65.5 Å². The van der Waals surface area contributed by atoms with Crippen LogP contribution in [-0.2, 0) is 0 Å². The molecular weight excluding hydrogens is 765 g/mol. The van der Waals surface area contributed by atoms with Crippen LogP contribution in [0.5, 0.6) is 0 Å². The number of anilines is 9. The van der Waals surface area contributed by atoms with E-state index in [0.717, 1.165) is 36.3 Å². The second kappa shape index (κ2) is 17.5. The molecule has 0 bridgehead atoms. The third kappa shape index (κ3) is 8.55. The Morgan fingerprint density at radius 1 is 0.444 bits per heavy atom. The molecule has 0 radical (unpaired) electrons. The molecule has 6 aromatic rings. The van der Waals surface area contributed by atoms with E-state index in [4.69, 9.17) is 0 Å². The van der Waals surface area contributed by atoms with Crippen LogP contribution in [0, 0.1) is 31.6 Å². The topological polar surface area (TPSA) is 13.0 Å². The van der Waals surface area contributed by atoms with Gasteiger partial charge in [-0.1, -0.05) is 97.5 Å². The molecule has 1 saturated carbocycles. The molecule has 0 aromatic heterocycles. The molecule has 63 heavy (non-hydrogen) atoms. The maximum absolute atomic E-state index is 2.53. The smallest absolute Gasteiger partial charge is 0.0559 e. The van der Waals surface area contributed by atoms with Crippen LogP contribution in [0.25, 0.3) is 0 Å². The van der Waals surface area contributed by atoms with Gasteiger partial charge in [0.15, 0.2) is 0 Å². The van der Waals surface area contributed by atoms with E-state index < -0.39 is 0 Å². The van der Waals surface area contributed by atoms with E-state index in [2.05, 4.69) is 248 Å². The number of hydrogen-bond donors (Lipinski definition) is 0. The maximum Gasteiger partial charge on any atom is 0.0559 e. The predicted molar refractivity (Wildman–Crippen MR) is 268 cm³/mol. The molecule has 4 heteroatoms. The zero-order chi connectivity index (χ0) is 42.9. The Kier molecular flexibility index (Phi) is 11.2. The zero-order valence-electron chi connectivity index (χ0n) is 37.1. The SMILES string of the molecule is CC1=CC2CC2C(N(c2ccccc2)c2ccc(N(c3ccc(N(c4cccc(C)c4)C4C=CC=CC4)cc3)c3ccc(N(c4cccc(C)c4)C4C=CCC(C)C4)cc3)cc2)=C1. The number of fused-ring (bicyclic) bond motifs is 1. The summed E-state index contributed by atoms with van der Waals surface area (Å²) in [6.45, 7) is 8.98. The van der Waals surface area contributed by atoms with E-state index in [1.165, 1.54) is 62.9 Å². The molecule has 4 nitrogen and oxygen atoms in total. The lowest BCUT2D eigenvalue weighted by molar-refractivity contribution is 0.483. The van der Waals surface area contributed by atoms with Crippen LogP contribution < -0.4 is 19.6 Å². The Morgan fingerprint density at radius 2 is 0.968 bits per heavy atom. The summed E-state index contributed by atoms with van der Waals surface area (Å²) in [7, 11) is 0. The molecule has 0 saturated heterocycles. The Bertz CT molecular complexity index is 2700.